The van der Waals surface area contributed by atoms with Crippen LogP contribution in [0.15, 0.2) is 46.9 Å². The molecule has 0 aromatic heterocycles. The first kappa shape index (κ1) is 15.9. The Kier molecular flexibility index (Phi) is 5.26. The highest BCUT2D eigenvalue weighted by molar-refractivity contribution is 9.10. The lowest BCUT2D eigenvalue weighted by Crippen LogP contribution is -2.14. The molecular weight excluding hydrogens is 328 g/mol. The topological polar surface area (TPSA) is 38.5 Å². The monoisotopic (exact) mass is 348 g/mol. The molecule has 1 unspecified atom stereocenters. The lowest BCUT2D eigenvalue weighted by atomic mass is 9.99. The predicted molar refractivity (Wildman–Crippen MR) is 92.1 cm³/mol. The van der Waals surface area contributed by atoms with Crippen LogP contribution in [0.1, 0.15) is 17.2 Å². The third kappa shape index (κ3) is 3.99. The summed E-state index contributed by atoms with van der Waals surface area (Å²) in [4.78, 5) is 2.08. The van der Waals surface area contributed by atoms with E-state index in [4.69, 9.17) is 10.5 Å². The highest BCUT2D eigenvalue weighted by Crippen LogP contribution is 2.27. The van der Waals surface area contributed by atoms with Crippen LogP contribution >= 0.6 is 15.9 Å². The Balaban J connectivity index is 2.10. The second kappa shape index (κ2) is 6.96. The summed E-state index contributed by atoms with van der Waals surface area (Å²) in [5.41, 5.74) is 9.83. The molecule has 0 radical (unpaired) electrons. The van der Waals surface area contributed by atoms with E-state index in [0.29, 0.717) is 0 Å². The number of halogens is 1. The minimum atomic E-state index is -0.0125. The van der Waals surface area contributed by atoms with Crippen molar-refractivity contribution in [3.05, 3.63) is 58.1 Å². The average molecular weight is 349 g/mol. The second-order valence-electron chi connectivity index (χ2n) is 5.27. The van der Waals surface area contributed by atoms with Gasteiger partial charge in [0.05, 0.1) is 11.6 Å². The Morgan fingerprint density at radius 1 is 1.14 bits per heavy atom. The SMILES string of the molecule is COc1ccc(CC(N)c2ccc(N(C)C)cc2)cc1Br. The lowest BCUT2D eigenvalue weighted by molar-refractivity contribution is 0.412. The van der Waals surface area contributed by atoms with Crippen LogP contribution in [0.4, 0.5) is 5.69 Å². The molecule has 0 aliphatic carbocycles. The van der Waals surface area contributed by atoms with Crippen LogP contribution in [0.3, 0.4) is 0 Å². The Hall–Kier alpha value is -1.52. The summed E-state index contributed by atoms with van der Waals surface area (Å²) in [7, 11) is 5.73. The van der Waals surface area contributed by atoms with Crippen molar-refractivity contribution in [1.82, 2.24) is 0 Å². The van der Waals surface area contributed by atoms with Gasteiger partial charge in [-0.1, -0.05) is 18.2 Å². The van der Waals surface area contributed by atoms with E-state index >= 15 is 0 Å². The molecule has 112 valence electrons. The molecule has 0 amide bonds. The van der Waals surface area contributed by atoms with Crippen LogP contribution in [0.25, 0.3) is 0 Å². The zero-order valence-corrected chi connectivity index (χ0v) is 14.2. The molecule has 0 saturated carbocycles. The number of ether oxygens (including phenoxy) is 1. The van der Waals surface area contributed by atoms with Gasteiger partial charge in [-0.2, -0.15) is 0 Å². The first-order chi connectivity index (χ1) is 10.0. The van der Waals surface area contributed by atoms with Crippen molar-refractivity contribution in [2.75, 3.05) is 26.1 Å². The van der Waals surface area contributed by atoms with Gasteiger partial charge in [-0.3, -0.25) is 0 Å². The first-order valence-corrected chi connectivity index (χ1v) is 7.66. The number of nitrogens with two attached hydrogens (primary N) is 1. The quantitative estimate of drug-likeness (QED) is 0.893. The van der Waals surface area contributed by atoms with Gasteiger partial charge >= 0.3 is 0 Å². The van der Waals surface area contributed by atoms with Gasteiger partial charge in [0.15, 0.2) is 0 Å². The van der Waals surface area contributed by atoms with Crippen molar-refractivity contribution in [2.45, 2.75) is 12.5 Å². The Morgan fingerprint density at radius 2 is 1.81 bits per heavy atom. The van der Waals surface area contributed by atoms with Crippen molar-refractivity contribution < 1.29 is 4.74 Å². The summed E-state index contributed by atoms with van der Waals surface area (Å²) < 4.78 is 6.20. The summed E-state index contributed by atoms with van der Waals surface area (Å²) >= 11 is 3.51. The standard InChI is InChI=1S/C17H21BrN2O/c1-20(2)14-7-5-13(6-8-14)16(19)11-12-4-9-17(21-3)15(18)10-12/h4-10,16H,11,19H2,1-3H3. The fourth-order valence-electron chi connectivity index (χ4n) is 2.23. The molecule has 2 N–H and O–H groups in total. The third-order valence-electron chi connectivity index (χ3n) is 3.51. The number of rotatable bonds is 5. The van der Waals surface area contributed by atoms with Gasteiger partial charge in [-0.15, -0.1) is 0 Å². The van der Waals surface area contributed by atoms with E-state index < -0.39 is 0 Å². The number of nitrogens with zero attached hydrogens (tertiary/aromatic N) is 1. The first-order valence-electron chi connectivity index (χ1n) is 6.86. The van der Waals surface area contributed by atoms with Crippen LogP contribution in [-0.4, -0.2) is 21.2 Å². The third-order valence-corrected chi connectivity index (χ3v) is 4.13. The van der Waals surface area contributed by atoms with Gasteiger partial charge < -0.3 is 15.4 Å². The zero-order chi connectivity index (χ0) is 15.4. The van der Waals surface area contributed by atoms with Crippen molar-refractivity contribution in [3.8, 4) is 5.75 Å². The molecule has 0 heterocycles. The van der Waals surface area contributed by atoms with Gasteiger partial charge in [0.2, 0.25) is 0 Å². The number of hydrogen-bond donors (Lipinski definition) is 1. The maximum atomic E-state index is 6.31. The second-order valence-corrected chi connectivity index (χ2v) is 6.12. The van der Waals surface area contributed by atoms with Crippen LogP contribution in [0, 0.1) is 0 Å². The van der Waals surface area contributed by atoms with Gasteiger partial charge in [0, 0.05) is 25.8 Å². The van der Waals surface area contributed by atoms with E-state index in [1.54, 1.807) is 7.11 Å². The van der Waals surface area contributed by atoms with E-state index in [2.05, 4.69) is 57.2 Å². The van der Waals surface area contributed by atoms with E-state index in [0.717, 1.165) is 22.2 Å². The van der Waals surface area contributed by atoms with E-state index in [1.165, 1.54) is 11.3 Å². The van der Waals surface area contributed by atoms with Crippen molar-refractivity contribution in [1.29, 1.82) is 0 Å². The number of benzene rings is 2. The van der Waals surface area contributed by atoms with E-state index in [9.17, 15) is 0 Å². The van der Waals surface area contributed by atoms with E-state index in [-0.39, 0.29) is 6.04 Å². The molecule has 2 aromatic rings. The maximum Gasteiger partial charge on any atom is 0.133 e. The average Bonchev–Trinajstić information content (AvgIpc) is 2.47. The Morgan fingerprint density at radius 3 is 2.33 bits per heavy atom. The largest absolute Gasteiger partial charge is 0.496 e. The molecule has 0 bridgehead atoms. The zero-order valence-electron chi connectivity index (χ0n) is 12.6. The maximum absolute atomic E-state index is 6.31. The molecule has 2 aromatic carbocycles. The van der Waals surface area contributed by atoms with Crippen molar-refractivity contribution in [3.63, 3.8) is 0 Å². The summed E-state index contributed by atoms with van der Waals surface area (Å²) in [5.74, 6) is 0.836. The van der Waals surface area contributed by atoms with Gasteiger partial charge in [0.1, 0.15) is 5.75 Å². The molecule has 2 rings (SSSR count). The van der Waals surface area contributed by atoms with Crippen LogP contribution in [0.5, 0.6) is 5.75 Å². The molecule has 0 saturated heterocycles. The molecule has 4 heteroatoms. The van der Waals surface area contributed by atoms with Crippen molar-refractivity contribution >= 4 is 21.6 Å². The van der Waals surface area contributed by atoms with Gasteiger partial charge in [-0.05, 0) is 57.7 Å². The highest BCUT2D eigenvalue weighted by atomic mass is 79.9. The molecule has 3 nitrogen and oxygen atoms in total. The normalized spacial score (nSPS) is 12.0. The van der Waals surface area contributed by atoms with Gasteiger partial charge in [-0.25, -0.2) is 0 Å². The van der Waals surface area contributed by atoms with E-state index in [1.807, 2.05) is 20.2 Å². The Bertz CT molecular complexity index is 596. The minimum absolute atomic E-state index is 0.0125. The summed E-state index contributed by atoms with van der Waals surface area (Å²) in [5, 5.41) is 0. The predicted octanol–water partition coefficient (Wildman–Crippen LogP) is 3.77. The molecule has 0 fully saturated rings. The highest BCUT2D eigenvalue weighted by Gasteiger charge is 2.09. The molecule has 21 heavy (non-hydrogen) atoms. The minimum Gasteiger partial charge on any atom is -0.496 e. The van der Waals surface area contributed by atoms with Crippen LogP contribution in [-0.2, 0) is 6.42 Å². The van der Waals surface area contributed by atoms with Crippen LogP contribution < -0.4 is 15.4 Å². The molecule has 1 atom stereocenters. The Labute approximate surface area is 134 Å². The van der Waals surface area contributed by atoms with Crippen molar-refractivity contribution in [2.24, 2.45) is 5.73 Å². The summed E-state index contributed by atoms with van der Waals surface area (Å²) in [6.45, 7) is 0. The summed E-state index contributed by atoms with van der Waals surface area (Å²) in [6, 6.07) is 14.4. The number of anilines is 1. The fourth-order valence-corrected chi connectivity index (χ4v) is 2.82. The fraction of sp³-hybridized carbons (Fsp3) is 0.294. The number of hydrogen-bond acceptors (Lipinski definition) is 3. The molecule has 0 aliphatic rings. The summed E-state index contributed by atoms with van der Waals surface area (Å²) in [6.07, 6.45) is 0.796. The number of methoxy groups -OCH3 is 1. The lowest BCUT2D eigenvalue weighted by Gasteiger charge is -2.16. The smallest absolute Gasteiger partial charge is 0.133 e. The van der Waals surface area contributed by atoms with Crippen LogP contribution in [0.2, 0.25) is 0 Å². The van der Waals surface area contributed by atoms with Gasteiger partial charge in [0.25, 0.3) is 0 Å². The molecule has 0 spiro atoms. The molecular formula is C17H21BrN2O. The molecule has 0 aliphatic heterocycles.